The first kappa shape index (κ1) is 19.5. The third-order valence-corrected chi connectivity index (χ3v) is 2.97. The van der Waals surface area contributed by atoms with Crippen LogP contribution in [0.2, 0.25) is 0 Å². The molecular weight excluding hydrogens is 303 g/mol. The van der Waals surface area contributed by atoms with Crippen molar-refractivity contribution in [2.24, 2.45) is 0 Å². The summed E-state index contributed by atoms with van der Waals surface area (Å²) in [5.74, 6) is -0.217. The van der Waals surface area contributed by atoms with Crippen LogP contribution in [0.5, 0.6) is 0 Å². The molecule has 1 aromatic heterocycles. The topological polar surface area (TPSA) is 62.0 Å². The first-order chi connectivity index (χ1) is 9.58. The van der Waals surface area contributed by atoms with Gasteiger partial charge in [-0.3, -0.25) is 9.59 Å². The van der Waals surface area contributed by atoms with E-state index in [2.05, 4.69) is 10.3 Å². The molecule has 113 valence electrons. The van der Waals surface area contributed by atoms with Crippen LogP contribution < -0.4 is 5.32 Å². The Kier molecular flexibility index (Phi) is 8.75. The molecule has 2 aromatic rings. The number of benzene rings is 1. The molecular formula is C16H22N2O2V. The molecule has 4 nitrogen and oxygen atoms in total. The number of para-hydroxylation sites is 1. The van der Waals surface area contributed by atoms with Crippen molar-refractivity contribution >= 4 is 22.6 Å². The van der Waals surface area contributed by atoms with Crippen LogP contribution in [0, 0.1) is 0 Å². The quantitative estimate of drug-likeness (QED) is 0.908. The average molecular weight is 325 g/mol. The zero-order valence-corrected chi connectivity index (χ0v) is 14.3. The van der Waals surface area contributed by atoms with Crippen molar-refractivity contribution in [2.75, 3.05) is 0 Å². The molecule has 1 unspecified atom stereocenters. The molecule has 0 aliphatic heterocycles. The number of hydrogen-bond donors (Lipinski definition) is 2. The summed E-state index contributed by atoms with van der Waals surface area (Å²) in [7, 11) is 0. The average Bonchev–Trinajstić information content (AvgIpc) is 2.83. The van der Waals surface area contributed by atoms with Crippen LogP contribution in [-0.2, 0) is 34.6 Å². The maximum Gasteiger partial charge on any atom is 0.217 e. The van der Waals surface area contributed by atoms with Crippen LogP contribution in [0.4, 0.5) is 0 Å². The van der Waals surface area contributed by atoms with Crippen LogP contribution >= 0.6 is 0 Å². The van der Waals surface area contributed by atoms with Gasteiger partial charge in [0.25, 0.3) is 0 Å². The van der Waals surface area contributed by atoms with E-state index >= 15 is 0 Å². The summed E-state index contributed by atoms with van der Waals surface area (Å²) >= 11 is 0. The maximum absolute atomic E-state index is 11.5. The number of hydrogen-bond acceptors (Lipinski definition) is 2. The Labute approximate surface area is 137 Å². The third kappa shape index (κ3) is 5.41. The van der Waals surface area contributed by atoms with E-state index in [0.29, 0.717) is 6.42 Å². The molecule has 0 bridgehead atoms. The monoisotopic (exact) mass is 325 g/mol. The summed E-state index contributed by atoms with van der Waals surface area (Å²) in [5.41, 5.74) is 2.08. The smallest absolute Gasteiger partial charge is 0.217 e. The van der Waals surface area contributed by atoms with Gasteiger partial charge in [0.05, 0.1) is 6.04 Å². The minimum Gasteiger partial charge on any atom is -0.361 e. The summed E-state index contributed by atoms with van der Waals surface area (Å²) in [6, 6.07) is 7.45. The van der Waals surface area contributed by atoms with Gasteiger partial charge in [-0.05, 0) is 18.6 Å². The van der Waals surface area contributed by atoms with Crippen molar-refractivity contribution in [1.29, 1.82) is 0 Å². The molecule has 5 heteroatoms. The molecule has 0 fully saturated rings. The van der Waals surface area contributed by atoms with E-state index in [1.807, 2.05) is 44.3 Å². The summed E-state index contributed by atoms with van der Waals surface area (Å²) < 4.78 is 0. The zero-order valence-electron chi connectivity index (χ0n) is 12.9. The van der Waals surface area contributed by atoms with Gasteiger partial charge in [-0.1, -0.05) is 32.0 Å². The molecule has 0 saturated carbocycles. The van der Waals surface area contributed by atoms with Crippen molar-refractivity contribution in [1.82, 2.24) is 10.3 Å². The number of Topliss-reactive ketones (excluding diaryl/α,β-unsaturated/α-hetero) is 1. The maximum atomic E-state index is 11.5. The molecule has 0 aliphatic carbocycles. The number of carbonyl (C=O) groups is 2. The number of carbonyl (C=O) groups excluding carboxylic acids is 2. The Morgan fingerprint density at radius 2 is 1.81 bits per heavy atom. The summed E-state index contributed by atoms with van der Waals surface area (Å²) in [5, 5.41) is 3.77. The van der Waals surface area contributed by atoms with E-state index < -0.39 is 6.04 Å². The Bertz CT molecular complexity index is 593. The Morgan fingerprint density at radius 3 is 2.38 bits per heavy atom. The molecule has 1 atom stereocenters. The first-order valence-corrected chi connectivity index (χ1v) is 6.90. The second-order valence-corrected chi connectivity index (χ2v) is 4.43. The minimum atomic E-state index is -0.457. The van der Waals surface area contributed by atoms with Crippen molar-refractivity contribution in [2.45, 2.75) is 40.2 Å². The van der Waals surface area contributed by atoms with Crippen LogP contribution in [0.15, 0.2) is 30.5 Å². The van der Waals surface area contributed by atoms with E-state index in [1.165, 1.54) is 13.8 Å². The Morgan fingerprint density at radius 1 is 1.19 bits per heavy atom. The zero-order chi connectivity index (χ0) is 15.1. The number of H-pyrrole nitrogens is 1. The molecule has 21 heavy (non-hydrogen) atoms. The minimum absolute atomic E-state index is 0. The van der Waals surface area contributed by atoms with Gasteiger partial charge < -0.3 is 10.3 Å². The van der Waals surface area contributed by atoms with E-state index in [-0.39, 0.29) is 30.2 Å². The molecule has 1 radical (unpaired) electrons. The van der Waals surface area contributed by atoms with Crippen LogP contribution in [0.3, 0.4) is 0 Å². The fraction of sp³-hybridized carbons (Fsp3) is 0.375. The van der Waals surface area contributed by atoms with Crippen molar-refractivity contribution in [3.63, 3.8) is 0 Å². The van der Waals surface area contributed by atoms with Gasteiger partial charge in [0.2, 0.25) is 5.91 Å². The van der Waals surface area contributed by atoms with E-state index in [1.54, 1.807) is 0 Å². The van der Waals surface area contributed by atoms with Crippen molar-refractivity contribution < 1.29 is 28.1 Å². The van der Waals surface area contributed by atoms with Gasteiger partial charge in [-0.15, -0.1) is 0 Å². The van der Waals surface area contributed by atoms with E-state index in [9.17, 15) is 9.59 Å². The van der Waals surface area contributed by atoms with Gasteiger partial charge in [0.15, 0.2) is 5.78 Å². The molecule has 0 aliphatic rings. The largest absolute Gasteiger partial charge is 0.361 e. The van der Waals surface area contributed by atoms with E-state index in [0.717, 1.165) is 16.5 Å². The van der Waals surface area contributed by atoms with Gasteiger partial charge in [0.1, 0.15) is 0 Å². The Hall–Kier alpha value is -1.52. The fourth-order valence-electron chi connectivity index (χ4n) is 2.06. The van der Waals surface area contributed by atoms with Crippen molar-refractivity contribution in [3.05, 3.63) is 36.0 Å². The van der Waals surface area contributed by atoms with Crippen LogP contribution in [0.25, 0.3) is 10.9 Å². The first-order valence-electron chi connectivity index (χ1n) is 6.90. The molecule has 2 rings (SSSR count). The number of aromatic nitrogens is 1. The number of amides is 1. The van der Waals surface area contributed by atoms with E-state index in [4.69, 9.17) is 0 Å². The third-order valence-electron chi connectivity index (χ3n) is 2.97. The fourth-order valence-corrected chi connectivity index (χ4v) is 2.06. The predicted molar refractivity (Wildman–Crippen MR) is 81.6 cm³/mol. The number of fused-ring (bicyclic) bond motifs is 1. The van der Waals surface area contributed by atoms with Gasteiger partial charge >= 0.3 is 0 Å². The number of ketones is 1. The predicted octanol–water partition coefficient (Wildman–Crippen LogP) is 2.83. The normalized spacial score (nSPS) is 10.9. The molecule has 1 aromatic carbocycles. The number of nitrogens with one attached hydrogen (secondary N) is 2. The summed E-state index contributed by atoms with van der Waals surface area (Å²) in [6.07, 6.45) is 2.40. The second kappa shape index (κ2) is 9.43. The molecule has 1 heterocycles. The summed E-state index contributed by atoms with van der Waals surface area (Å²) in [6.45, 7) is 6.92. The standard InChI is InChI=1S/C14H16N2O2.C2H6.V/c1-9(17)14(16-10(2)18)7-11-8-15-13-6-4-3-5-12(11)13;1-2;/h3-6,8,14-15H,7H2,1-2H3,(H,16,18);1-2H3;. The molecule has 2 N–H and O–H groups in total. The summed E-state index contributed by atoms with van der Waals surface area (Å²) in [4.78, 5) is 25.8. The van der Waals surface area contributed by atoms with Gasteiger partial charge in [0, 0.05) is 49.0 Å². The molecule has 0 spiro atoms. The van der Waals surface area contributed by atoms with Crippen LogP contribution in [0.1, 0.15) is 33.3 Å². The SMILES string of the molecule is CC.CC(=O)NC(Cc1c[nH]c2ccccc12)C(C)=O.[V]. The molecule has 0 saturated heterocycles. The Balaban J connectivity index is 0.00000128. The second-order valence-electron chi connectivity index (χ2n) is 4.43. The van der Waals surface area contributed by atoms with Gasteiger partial charge in [-0.25, -0.2) is 0 Å². The number of aromatic amines is 1. The molecule has 1 amide bonds. The number of rotatable bonds is 4. The van der Waals surface area contributed by atoms with Crippen molar-refractivity contribution in [3.8, 4) is 0 Å². The van der Waals surface area contributed by atoms with Gasteiger partial charge in [-0.2, -0.15) is 0 Å². The van der Waals surface area contributed by atoms with Crippen LogP contribution in [-0.4, -0.2) is 22.7 Å².